The van der Waals surface area contributed by atoms with Crippen molar-refractivity contribution in [2.75, 3.05) is 7.05 Å². The number of pyridine rings is 1. The van der Waals surface area contributed by atoms with Gasteiger partial charge >= 0.3 is 0 Å². The van der Waals surface area contributed by atoms with Gasteiger partial charge in [0.15, 0.2) is 0 Å². The molecule has 4 heterocycles. The van der Waals surface area contributed by atoms with Gasteiger partial charge in [-0.25, -0.2) is 0 Å². The maximum absolute atomic E-state index is 12.6. The van der Waals surface area contributed by atoms with E-state index in [1.165, 1.54) is 11.9 Å². The number of rotatable bonds is 0. The fraction of sp³-hybridized carbons (Fsp3) is 0.0588. The molecule has 1 N–H and O–H groups in total. The molecule has 2 amide bonds. The summed E-state index contributed by atoms with van der Waals surface area (Å²) in [5, 5.41) is 1.80. The van der Waals surface area contributed by atoms with Crippen LogP contribution in [-0.2, 0) is 0 Å². The lowest BCUT2D eigenvalue weighted by atomic mass is 10.1. The summed E-state index contributed by atoms with van der Waals surface area (Å²) in [5.41, 5.74) is 3.69. The Balaban J connectivity index is 2.17. The molecule has 1 aromatic carbocycles. The molecule has 0 atom stereocenters. The number of para-hydroxylation sites is 1. The third-order valence-electron chi connectivity index (χ3n) is 4.46. The highest BCUT2D eigenvalue weighted by Gasteiger charge is 2.38. The highest BCUT2D eigenvalue weighted by Crippen LogP contribution is 2.37. The molecule has 0 saturated heterocycles. The number of nitrogens with zero attached hydrogens (tertiary/aromatic N) is 2. The van der Waals surface area contributed by atoms with E-state index in [9.17, 15) is 9.59 Å². The summed E-state index contributed by atoms with van der Waals surface area (Å²) in [6.07, 6.45) is 1.82. The van der Waals surface area contributed by atoms with Crippen molar-refractivity contribution in [3.8, 4) is 0 Å². The zero-order valence-corrected chi connectivity index (χ0v) is 11.8. The maximum Gasteiger partial charge on any atom is 0.278 e. The molecule has 5 nitrogen and oxygen atoms in total. The van der Waals surface area contributed by atoms with Gasteiger partial charge in [-0.2, -0.15) is 0 Å². The number of benzene rings is 1. The second-order valence-electron chi connectivity index (χ2n) is 5.58. The Kier molecular flexibility index (Phi) is 1.88. The highest BCUT2D eigenvalue weighted by atomic mass is 16.2. The number of carbonyl (C=O) groups excluding carboxylic acids is 2. The van der Waals surface area contributed by atoms with Gasteiger partial charge in [-0.3, -0.25) is 14.5 Å². The van der Waals surface area contributed by atoms with Crippen molar-refractivity contribution in [1.82, 2.24) is 14.3 Å². The average Bonchev–Trinajstić information content (AvgIpc) is 3.19. The zero-order chi connectivity index (χ0) is 15.0. The number of carbonyl (C=O) groups is 2. The molecule has 106 valence electrons. The molecule has 0 radical (unpaired) electrons. The minimum absolute atomic E-state index is 0.245. The molecule has 5 rings (SSSR count). The number of imide groups is 1. The van der Waals surface area contributed by atoms with Crippen molar-refractivity contribution >= 4 is 39.1 Å². The summed E-state index contributed by atoms with van der Waals surface area (Å²) in [6.45, 7) is 0. The molecule has 22 heavy (non-hydrogen) atoms. The normalized spacial score (nSPS) is 14.7. The SMILES string of the molecule is CN1C(=O)c2c(n3cccc3c3[nH]c4ccccc4c23)C1=O. The zero-order valence-electron chi connectivity index (χ0n) is 11.8. The van der Waals surface area contributed by atoms with Crippen LogP contribution < -0.4 is 0 Å². The van der Waals surface area contributed by atoms with Crippen LogP contribution in [0.4, 0.5) is 0 Å². The fourth-order valence-electron chi connectivity index (χ4n) is 3.45. The van der Waals surface area contributed by atoms with Gasteiger partial charge in [0.05, 0.1) is 16.6 Å². The number of H-pyrrole nitrogens is 1. The molecular weight excluding hydrogens is 278 g/mol. The molecule has 0 unspecified atom stereocenters. The number of hydrogen-bond donors (Lipinski definition) is 1. The predicted molar refractivity (Wildman–Crippen MR) is 83.2 cm³/mol. The molecule has 0 aliphatic carbocycles. The largest absolute Gasteiger partial charge is 0.353 e. The first-order valence-corrected chi connectivity index (χ1v) is 7.04. The van der Waals surface area contributed by atoms with Crippen molar-refractivity contribution in [2.24, 2.45) is 0 Å². The van der Waals surface area contributed by atoms with Crippen LogP contribution in [0.3, 0.4) is 0 Å². The van der Waals surface area contributed by atoms with Gasteiger partial charge in [0.2, 0.25) is 0 Å². The van der Waals surface area contributed by atoms with Gasteiger partial charge in [-0.15, -0.1) is 0 Å². The van der Waals surface area contributed by atoms with Crippen LogP contribution in [0.25, 0.3) is 27.3 Å². The lowest BCUT2D eigenvalue weighted by molar-refractivity contribution is 0.0691. The van der Waals surface area contributed by atoms with Crippen LogP contribution >= 0.6 is 0 Å². The highest BCUT2D eigenvalue weighted by molar-refractivity contribution is 6.30. The molecule has 0 saturated carbocycles. The summed E-state index contributed by atoms with van der Waals surface area (Å²) in [5.74, 6) is -0.501. The van der Waals surface area contributed by atoms with Gasteiger partial charge < -0.3 is 9.38 Å². The van der Waals surface area contributed by atoms with E-state index >= 15 is 0 Å². The summed E-state index contributed by atoms with van der Waals surface area (Å²) >= 11 is 0. The summed E-state index contributed by atoms with van der Waals surface area (Å²) in [4.78, 5) is 29.7. The Morgan fingerprint density at radius 3 is 2.68 bits per heavy atom. The first-order valence-electron chi connectivity index (χ1n) is 7.04. The van der Waals surface area contributed by atoms with Gasteiger partial charge in [0, 0.05) is 29.5 Å². The summed E-state index contributed by atoms with van der Waals surface area (Å²) in [7, 11) is 1.53. The molecule has 0 spiro atoms. The maximum atomic E-state index is 12.6. The van der Waals surface area contributed by atoms with E-state index in [0.717, 1.165) is 27.3 Å². The minimum Gasteiger partial charge on any atom is -0.353 e. The Morgan fingerprint density at radius 2 is 1.82 bits per heavy atom. The number of aromatic nitrogens is 2. The number of fused-ring (bicyclic) bond motifs is 8. The Labute approximate surface area is 124 Å². The molecule has 4 aromatic rings. The number of hydrogen-bond acceptors (Lipinski definition) is 2. The van der Waals surface area contributed by atoms with E-state index in [-0.39, 0.29) is 11.8 Å². The lowest BCUT2D eigenvalue weighted by Gasteiger charge is -2.04. The van der Waals surface area contributed by atoms with Crippen molar-refractivity contribution < 1.29 is 9.59 Å². The number of amides is 2. The molecular formula is C17H11N3O2. The Bertz CT molecular complexity index is 1130. The monoisotopic (exact) mass is 289 g/mol. The molecule has 0 fully saturated rings. The third kappa shape index (κ3) is 1.12. The third-order valence-corrected chi connectivity index (χ3v) is 4.46. The lowest BCUT2D eigenvalue weighted by Crippen LogP contribution is -2.24. The summed E-state index contributed by atoms with van der Waals surface area (Å²) in [6, 6.07) is 11.7. The fourth-order valence-corrected chi connectivity index (χ4v) is 3.45. The van der Waals surface area contributed by atoms with Gasteiger partial charge in [-0.1, -0.05) is 18.2 Å². The van der Waals surface area contributed by atoms with E-state index in [1.54, 1.807) is 4.40 Å². The second kappa shape index (κ2) is 3.57. The Hall–Kier alpha value is -3.08. The first kappa shape index (κ1) is 11.6. The van der Waals surface area contributed by atoms with Crippen LogP contribution in [0.15, 0.2) is 42.6 Å². The summed E-state index contributed by atoms with van der Waals surface area (Å²) < 4.78 is 1.80. The van der Waals surface area contributed by atoms with Crippen LogP contribution in [-0.4, -0.2) is 33.1 Å². The van der Waals surface area contributed by atoms with Crippen molar-refractivity contribution in [3.05, 3.63) is 53.9 Å². The van der Waals surface area contributed by atoms with Crippen LogP contribution in [0.2, 0.25) is 0 Å². The number of nitrogens with one attached hydrogen (secondary N) is 1. The van der Waals surface area contributed by atoms with E-state index in [4.69, 9.17) is 0 Å². The smallest absolute Gasteiger partial charge is 0.278 e. The van der Waals surface area contributed by atoms with Crippen LogP contribution in [0.5, 0.6) is 0 Å². The van der Waals surface area contributed by atoms with Gasteiger partial charge in [0.25, 0.3) is 11.8 Å². The average molecular weight is 289 g/mol. The van der Waals surface area contributed by atoms with E-state index < -0.39 is 0 Å². The molecule has 1 aliphatic heterocycles. The minimum atomic E-state index is -0.256. The molecule has 5 heteroatoms. The van der Waals surface area contributed by atoms with Crippen molar-refractivity contribution in [2.45, 2.75) is 0 Å². The standard InChI is InChI=1S/C17H11N3O2/c1-19-16(21)13-12-9-5-2-3-6-10(9)18-14(12)11-7-4-8-20(11)15(13)17(19)22/h2-8,18H,1H3. The predicted octanol–water partition coefficient (Wildman–Crippen LogP) is 2.80. The topological polar surface area (TPSA) is 57.6 Å². The van der Waals surface area contributed by atoms with Crippen molar-refractivity contribution in [1.29, 1.82) is 0 Å². The molecule has 1 aliphatic rings. The molecule has 0 bridgehead atoms. The Morgan fingerprint density at radius 1 is 1.00 bits per heavy atom. The first-order chi connectivity index (χ1) is 10.7. The van der Waals surface area contributed by atoms with E-state index in [2.05, 4.69) is 4.98 Å². The number of aromatic amines is 1. The van der Waals surface area contributed by atoms with E-state index in [0.29, 0.717) is 11.3 Å². The van der Waals surface area contributed by atoms with E-state index in [1.807, 2.05) is 42.6 Å². The quantitative estimate of drug-likeness (QED) is 0.506. The van der Waals surface area contributed by atoms with Crippen LogP contribution in [0.1, 0.15) is 20.8 Å². The van der Waals surface area contributed by atoms with Crippen molar-refractivity contribution in [3.63, 3.8) is 0 Å². The van der Waals surface area contributed by atoms with Gasteiger partial charge in [-0.05, 0) is 18.2 Å². The molecule has 3 aromatic heterocycles. The second-order valence-corrected chi connectivity index (χ2v) is 5.58. The van der Waals surface area contributed by atoms with Crippen LogP contribution in [0, 0.1) is 0 Å². The van der Waals surface area contributed by atoms with Gasteiger partial charge in [0.1, 0.15) is 5.69 Å².